The summed E-state index contributed by atoms with van der Waals surface area (Å²) in [6, 6.07) is 11.4. The van der Waals surface area contributed by atoms with Gasteiger partial charge in [0.1, 0.15) is 5.82 Å². The average Bonchev–Trinajstić information content (AvgIpc) is 2.27. The van der Waals surface area contributed by atoms with Crippen molar-refractivity contribution in [2.75, 3.05) is 16.8 Å². The zero-order chi connectivity index (χ0) is 11.5. The van der Waals surface area contributed by atoms with Crippen LogP contribution in [0.2, 0.25) is 0 Å². The van der Waals surface area contributed by atoms with Gasteiger partial charge in [-0.2, -0.15) is 0 Å². The third-order valence-corrected chi connectivity index (χ3v) is 2.22. The fourth-order valence-electron chi connectivity index (χ4n) is 1.35. The zero-order valence-corrected chi connectivity index (χ0v) is 8.57. The molecule has 16 heavy (non-hydrogen) atoms. The second kappa shape index (κ2) is 4.10. The van der Waals surface area contributed by atoms with E-state index in [1.165, 1.54) is 12.1 Å². The molecule has 2 aromatic carbocycles. The number of anilines is 4. The van der Waals surface area contributed by atoms with Crippen LogP contribution < -0.4 is 16.8 Å². The van der Waals surface area contributed by atoms with Gasteiger partial charge in [0.2, 0.25) is 0 Å². The van der Waals surface area contributed by atoms with Crippen molar-refractivity contribution in [1.29, 1.82) is 0 Å². The Bertz CT molecular complexity index is 494. The van der Waals surface area contributed by atoms with E-state index >= 15 is 0 Å². The topological polar surface area (TPSA) is 64.1 Å². The van der Waals surface area contributed by atoms with E-state index in [4.69, 9.17) is 11.5 Å². The monoisotopic (exact) mass is 217 g/mol. The quantitative estimate of drug-likeness (QED) is 0.678. The average molecular weight is 217 g/mol. The van der Waals surface area contributed by atoms with Crippen molar-refractivity contribution in [2.45, 2.75) is 0 Å². The number of hydrogen-bond acceptors (Lipinski definition) is 3. The summed E-state index contributed by atoms with van der Waals surface area (Å²) in [4.78, 5) is 0. The minimum absolute atomic E-state index is 0.262. The molecule has 5 N–H and O–H groups in total. The fraction of sp³-hybridized carbons (Fsp3) is 0. The molecule has 2 aromatic rings. The standard InChI is InChI=1S/C12H12FN3/c13-8-1-3-9(4-2-8)16-10-5-6-11(14)12(15)7-10/h1-7,16H,14-15H2. The van der Waals surface area contributed by atoms with Crippen molar-refractivity contribution in [3.05, 3.63) is 48.3 Å². The van der Waals surface area contributed by atoms with E-state index in [0.717, 1.165) is 11.4 Å². The Morgan fingerprint density at radius 2 is 1.44 bits per heavy atom. The summed E-state index contributed by atoms with van der Waals surface area (Å²) in [5, 5.41) is 3.10. The molecule has 0 fully saturated rings. The SMILES string of the molecule is Nc1ccc(Nc2ccc(F)cc2)cc1N. The van der Waals surface area contributed by atoms with Gasteiger partial charge in [-0.1, -0.05) is 0 Å². The van der Waals surface area contributed by atoms with Gasteiger partial charge in [-0.25, -0.2) is 4.39 Å². The van der Waals surface area contributed by atoms with Gasteiger partial charge < -0.3 is 16.8 Å². The highest BCUT2D eigenvalue weighted by Gasteiger charge is 1.98. The molecule has 0 aliphatic rings. The Kier molecular flexibility index (Phi) is 2.64. The molecule has 0 bridgehead atoms. The number of hydrogen-bond donors (Lipinski definition) is 3. The maximum absolute atomic E-state index is 12.7. The molecule has 0 heterocycles. The van der Waals surface area contributed by atoms with E-state index in [0.29, 0.717) is 11.4 Å². The molecule has 0 saturated heterocycles. The molecule has 0 atom stereocenters. The highest BCUT2D eigenvalue weighted by molar-refractivity contribution is 5.72. The van der Waals surface area contributed by atoms with Gasteiger partial charge in [-0.3, -0.25) is 0 Å². The van der Waals surface area contributed by atoms with E-state index in [1.807, 2.05) is 6.07 Å². The van der Waals surface area contributed by atoms with Crippen LogP contribution in [0, 0.1) is 5.82 Å². The van der Waals surface area contributed by atoms with Crippen LogP contribution in [0.3, 0.4) is 0 Å². The lowest BCUT2D eigenvalue weighted by Gasteiger charge is -2.08. The van der Waals surface area contributed by atoms with E-state index in [9.17, 15) is 4.39 Å². The van der Waals surface area contributed by atoms with E-state index in [2.05, 4.69) is 5.32 Å². The van der Waals surface area contributed by atoms with Crippen molar-refractivity contribution >= 4 is 22.7 Å². The summed E-state index contributed by atoms with van der Waals surface area (Å²) in [5.74, 6) is -0.262. The van der Waals surface area contributed by atoms with Crippen LogP contribution in [0.25, 0.3) is 0 Å². The van der Waals surface area contributed by atoms with Crippen LogP contribution in [0.5, 0.6) is 0 Å². The minimum Gasteiger partial charge on any atom is -0.397 e. The number of nitrogens with two attached hydrogens (primary N) is 2. The lowest BCUT2D eigenvalue weighted by Crippen LogP contribution is -1.96. The molecule has 0 saturated carbocycles. The first-order valence-electron chi connectivity index (χ1n) is 4.83. The Morgan fingerprint density at radius 3 is 2.06 bits per heavy atom. The molecule has 2 rings (SSSR count). The van der Waals surface area contributed by atoms with Gasteiger partial charge >= 0.3 is 0 Å². The summed E-state index contributed by atoms with van der Waals surface area (Å²) < 4.78 is 12.7. The van der Waals surface area contributed by atoms with Crippen molar-refractivity contribution in [1.82, 2.24) is 0 Å². The molecule has 4 heteroatoms. The molecule has 0 aromatic heterocycles. The van der Waals surface area contributed by atoms with E-state index in [1.54, 1.807) is 24.3 Å². The fourth-order valence-corrected chi connectivity index (χ4v) is 1.35. The summed E-state index contributed by atoms with van der Waals surface area (Å²) in [6.07, 6.45) is 0. The van der Waals surface area contributed by atoms with E-state index < -0.39 is 0 Å². The van der Waals surface area contributed by atoms with Crippen LogP contribution in [0.1, 0.15) is 0 Å². The summed E-state index contributed by atoms with van der Waals surface area (Å²) in [6.45, 7) is 0. The minimum atomic E-state index is -0.262. The zero-order valence-electron chi connectivity index (χ0n) is 8.57. The second-order valence-electron chi connectivity index (χ2n) is 3.48. The van der Waals surface area contributed by atoms with Gasteiger partial charge in [-0.05, 0) is 42.5 Å². The Balaban J connectivity index is 2.20. The van der Waals surface area contributed by atoms with Gasteiger partial charge in [0.15, 0.2) is 0 Å². The van der Waals surface area contributed by atoms with Gasteiger partial charge in [0.05, 0.1) is 11.4 Å². The Morgan fingerprint density at radius 1 is 0.812 bits per heavy atom. The first kappa shape index (κ1) is 10.3. The molecular weight excluding hydrogens is 205 g/mol. The molecule has 0 aliphatic carbocycles. The lowest BCUT2D eigenvalue weighted by molar-refractivity contribution is 0.628. The number of nitrogens with one attached hydrogen (secondary N) is 1. The predicted octanol–water partition coefficient (Wildman–Crippen LogP) is 2.73. The summed E-state index contributed by atoms with van der Waals surface area (Å²) in [5.41, 5.74) is 14.0. The molecule has 82 valence electrons. The Labute approximate surface area is 92.9 Å². The molecular formula is C12H12FN3. The molecule has 0 aliphatic heterocycles. The van der Waals surface area contributed by atoms with Crippen molar-refractivity contribution in [3.63, 3.8) is 0 Å². The largest absolute Gasteiger partial charge is 0.397 e. The number of nitrogen functional groups attached to an aromatic ring is 2. The highest BCUT2D eigenvalue weighted by atomic mass is 19.1. The molecule has 0 amide bonds. The number of benzene rings is 2. The highest BCUT2D eigenvalue weighted by Crippen LogP contribution is 2.22. The van der Waals surface area contributed by atoms with Crippen molar-refractivity contribution in [2.24, 2.45) is 0 Å². The molecule has 0 radical (unpaired) electrons. The molecule has 3 nitrogen and oxygen atoms in total. The van der Waals surface area contributed by atoms with Crippen LogP contribution >= 0.6 is 0 Å². The van der Waals surface area contributed by atoms with Crippen LogP contribution in [0.15, 0.2) is 42.5 Å². The third kappa shape index (κ3) is 2.23. The predicted molar refractivity (Wildman–Crippen MR) is 64.9 cm³/mol. The third-order valence-electron chi connectivity index (χ3n) is 2.22. The molecule has 0 spiro atoms. The summed E-state index contributed by atoms with van der Waals surface area (Å²) in [7, 11) is 0. The first-order chi connectivity index (χ1) is 7.65. The van der Waals surface area contributed by atoms with Crippen LogP contribution in [-0.2, 0) is 0 Å². The maximum Gasteiger partial charge on any atom is 0.123 e. The van der Waals surface area contributed by atoms with Crippen LogP contribution in [0.4, 0.5) is 27.1 Å². The number of rotatable bonds is 2. The van der Waals surface area contributed by atoms with Crippen molar-refractivity contribution in [3.8, 4) is 0 Å². The lowest BCUT2D eigenvalue weighted by atomic mass is 10.2. The van der Waals surface area contributed by atoms with Gasteiger partial charge in [0.25, 0.3) is 0 Å². The first-order valence-corrected chi connectivity index (χ1v) is 4.83. The smallest absolute Gasteiger partial charge is 0.123 e. The number of halogens is 1. The van der Waals surface area contributed by atoms with E-state index in [-0.39, 0.29) is 5.82 Å². The van der Waals surface area contributed by atoms with Crippen molar-refractivity contribution < 1.29 is 4.39 Å². The van der Waals surface area contributed by atoms with Gasteiger partial charge in [0, 0.05) is 11.4 Å². The maximum atomic E-state index is 12.7. The summed E-state index contributed by atoms with van der Waals surface area (Å²) >= 11 is 0. The normalized spacial score (nSPS) is 10.1. The van der Waals surface area contributed by atoms with Gasteiger partial charge in [-0.15, -0.1) is 0 Å². The Hall–Kier alpha value is -2.23. The van der Waals surface area contributed by atoms with Crippen LogP contribution in [-0.4, -0.2) is 0 Å². The molecule has 0 unspecified atom stereocenters. The second-order valence-corrected chi connectivity index (χ2v) is 3.48.